The molecule has 6 nitrogen and oxygen atoms in total. The summed E-state index contributed by atoms with van der Waals surface area (Å²) in [6.07, 6.45) is 6.79. The van der Waals surface area contributed by atoms with Crippen LogP contribution in [0.2, 0.25) is 0 Å². The Morgan fingerprint density at radius 2 is 2.17 bits per heavy atom. The number of fused-ring (bicyclic) bond motifs is 1. The molecule has 1 aliphatic heterocycles. The van der Waals surface area contributed by atoms with E-state index in [1.807, 2.05) is 19.2 Å². The Kier molecular flexibility index (Phi) is 3.75. The van der Waals surface area contributed by atoms with Crippen LogP contribution in [0.5, 0.6) is 0 Å². The Bertz CT molecular complexity index is 836. The zero-order valence-electron chi connectivity index (χ0n) is 13.9. The number of hydrogen-bond acceptors (Lipinski definition) is 3. The molecular weight excluding hydrogens is 304 g/mol. The predicted molar refractivity (Wildman–Crippen MR) is 90.3 cm³/mol. The molecule has 1 atom stereocenters. The largest absolute Gasteiger partial charge is 0.338 e. The normalized spacial score (nSPS) is 20.2. The first-order valence-corrected chi connectivity index (χ1v) is 8.67. The van der Waals surface area contributed by atoms with Crippen LogP contribution < -0.4 is 5.56 Å². The van der Waals surface area contributed by atoms with E-state index >= 15 is 0 Å². The van der Waals surface area contributed by atoms with Crippen molar-refractivity contribution in [2.24, 2.45) is 0 Å². The first-order valence-electron chi connectivity index (χ1n) is 8.67. The van der Waals surface area contributed by atoms with Crippen molar-refractivity contribution in [3.05, 3.63) is 50.7 Å². The number of pyridine rings is 1. The van der Waals surface area contributed by atoms with Crippen molar-refractivity contribution in [1.29, 1.82) is 0 Å². The first-order chi connectivity index (χ1) is 11.6. The molecule has 1 aliphatic carbocycles. The molecule has 0 unspecified atom stereocenters. The summed E-state index contributed by atoms with van der Waals surface area (Å²) in [6.45, 7) is 3.34. The molecule has 126 valence electrons. The van der Waals surface area contributed by atoms with Crippen LogP contribution in [-0.4, -0.2) is 39.1 Å². The maximum atomic E-state index is 12.8. The monoisotopic (exact) mass is 326 g/mol. The number of rotatable bonds is 2. The van der Waals surface area contributed by atoms with Crippen LogP contribution in [-0.2, 0) is 12.8 Å². The minimum atomic E-state index is -0.248. The number of aryl methyl sites for hydroxylation is 3. The molecule has 1 saturated heterocycles. The van der Waals surface area contributed by atoms with Crippen molar-refractivity contribution in [1.82, 2.24) is 20.1 Å². The number of H-pyrrole nitrogens is 2. The second-order valence-electron chi connectivity index (χ2n) is 6.93. The highest BCUT2D eigenvalue weighted by molar-refractivity contribution is 5.94. The Hall–Kier alpha value is -2.37. The Morgan fingerprint density at radius 3 is 2.96 bits per heavy atom. The Balaban J connectivity index is 1.56. The van der Waals surface area contributed by atoms with Gasteiger partial charge >= 0.3 is 0 Å². The molecule has 1 fully saturated rings. The Labute approximate surface area is 140 Å². The molecule has 3 heterocycles. The molecule has 4 rings (SSSR count). The minimum absolute atomic E-state index is 0.149. The fraction of sp³-hybridized carbons (Fsp3) is 0.500. The summed E-state index contributed by atoms with van der Waals surface area (Å²) in [5.41, 5.74) is 4.41. The summed E-state index contributed by atoms with van der Waals surface area (Å²) in [6, 6.07) is 1.82. The number of amides is 1. The average Bonchev–Trinajstić information content (AvgIpc) is 3.22. The van der Waals surface area contributed by atoms with Crippen molar-refractivity contribution >= 4 is 5.91 Å². The topological polar surface area (TPSA) is 81.8 Å². The van der Waals surface area contributed by atoms with E-state index in [0.717, 1.165) is 54.6 Å². The molecular formula is C18H22N4O2. The fourth-order valence-corrected chi connectivity index (χ4v) is 3.95. The molecule has 0 aromatic carbocycles. The lowest BCUT2D eigenvalue weighted by molar-refractivity contribution is 0.0788. The predicted octanol–water partition coefficient (Wildman–Crippen LogP) is 1.91. The van der Waals surface area contributed by atoms with Gasteiger partial charge in [0.1, 0.15) is 5.56 Å². The lowest BCUT2D eigenvalue weighted by Crippen LogP contribution is -2.34. The van der Waals surface area contributed by atoms with Gasteiger partial charge in [0.15, 0.2) is 0 Å². The van der Waals surface area contributed by atoms with E-state index in [9.17, 15) is 9.59 Å². The van der Waals surface area contributed by atoms with Gasteiger partial charge in [-0.3, -0.25) is 14.7 Å². The number of nitrogens with one attached hydrogen (secondary N) is 2. The smallest absolute Gasteiger partial charge is 0.261 e. The van der Waals surface area contributed by atoms with Crippen LogP contribution in [0.1, 0.15) is 58.1 Å². The standard InChI is InChI=1S/C18H22N4O2/c1-11-9-19-21-16(11)13-6-7-22(10-13)18(24)14-8-12-4-2-3-5-15(12)20-17(14)23/h8-9,13H,2-7,10H2,1H3,(H,19,21)(H,20,23)/t13-/m1/s1. The van der Waals surface area contributed by atoms with Gasteiger partial charge in [-0.2, -0.15) is 5.10 Å². The molecule has 1 amide bonds. The molecule has 2 aromatic heterocycles. The van der Waals surface area contributed by atoms with Gasteiger partial charge in [0, 0.05) is 30.4 Å². The van der Waals surface area contributed by atoms with Crippen molar-refractivity contribution in [3.8, 4) is 0 Å². The van der Waals surface area contributed by atoms with Crippen LogP contribution >= 0.6 is 0 Å². The van der Waals surface area contributed by atoms with Gasteiger partial charge in [-0.05, 0) is 56.2 Å². The highest BCUT2D eigenvalue weighted by atomic mass is 16.2. The molecule has 0 radical (unpaired) electrons. The molecule has 6 heteroatoms. The summed E-state index contributed by atoms with van der Waals surface area (Å²) < 4.78 is 0. The first kappa shape index (κ1) is 15.2. The average molecular weight is 326 g/mol. The molecule has 0 bridgehead atoms. The van der Waals surface area contributed by atoms with Gasteiger partial charge in [-0.15, -0.1) is 0 Å². The van der Waals surface area contributed by atoms with E-state index in [4.69, 9.17) is 0 Å². The number of aromatic nitrogens is 3. The van der Waals surface area contributed by atoms with Gasteiger partial charge in [-0.25, -0.2) is 0 Å². The second-order valence-corrected chi connectivity index (χ2v) is 6.93. The maximum Gasteiger partial charge on any atom is 0.261 e. The van der Waals surface area contributed by atoms with E-state index in [0.29, 0.717) is 13.1 Å². The van der Waals surface area contributed by atoms with Crippen molar-refractivity contribution in [3.63, 3.8) is 0 Å². The van der Waals surface area contributed by atoms with E-state index in [1.165, 1.54) is 0 Å². The van der Waals surface area contributed by atoms with Crippen LogP contribution in [0.25, 0.3) is 0 Å². The number of nitrogens with zero attached hydrogens (tertiary/aromatic N) is 2. The lowest BCUT2D eigenvalue weighted by atomic mass is 9.95. The van der Waals surface area contributed by atoms with Gasteiger partial charge < -0.3 is 9.88 Å². The second kappa shape index (κ2) is 5.92. The Morgan fingerprint density at radius 1 is 1.33 bits per heavy atom. The van der Waals surface area contributed by atoms with E-state index in [1.54, 1.807) is 4.90 Å². The zero-order chi connectivity index (χ0) is 16.7. The van der Waals surface area contributed by atoms with Crippen molar-refractivity contribution < 1.29 is 4.79 Å². The van der Waals surface area contributed by atoms with Crippen LogP contribution in [0.4, 0.5) is 0 Å². The lowest BCUT2D eigenvalue weighted by Gasteiger charge is -2.19. The molecule has 24 heavy (non-hydrogen) atoms. The van der Waals surface area contributed by atoms with Crippen LogP contribution in [0.15, 0.2) is 17.1 Å². The maximum absolute atomic E-state index is 12.8. The molecule has 0 saturated carbocycles. The zero-order valence-corrected chi connectivity index (χ0v) is 13.9. The van der Waals surface area contributed by atoms with Crippen LogP contribution in [0, 0.1) is 6.92 Å². The van der Waals surface area contributed by atoms with Crippen molar-refractivity contribution in [2.45, 2.75) is 44.9 Å². The van der Waals surface area contributed by atoms with Gasteiger partial charge in [0.25, 0.3) is 11.5 Å². The van der Waals surface area contributed by atoms with E-state index in [2.05, 4.69) is 15.2 Å². The van der Waals surface area contributed by atoms with Crippen molar-refractivity contribution in [2.75, 3.05) is 13.1 Å². The number of carbonyl (C=O) groups excluding carboxylic acids is 1. The highest BCUT2D eigenvalue weighted by Crippen LogP contribution is 2.28. The number of likely N-dealkylation sites (tertiary alicyclic amines) is 1. The quantitative estimate of drug-likeness (QED) is 0.884. The fourth-order valence-electron chi connectivity index (χ4n) is 3.95. The van der Waals surface area contributed by atoms with Gasteiger partial charge in [0.05, 0.1) is 6.20 Å². The third-order valence-corrected chi connectivity index (χ3v) is 5.32. The van der Waals surface area contributed by atoms with Crippen LogP contribution in [0.3, 0.4) is 0 Å². The summed E-state index contributed by atoms with van der Waals surface area (Å²) in [5.74, 6) is 0.123. The summed E-state index contributed by atoms with van der Waals surface area (Å²) in [7, 11) is 0. The number of carbonyl (C=O) groups is 1. The summed E-state index contributed by atoms with van der Waals surface area (Å²) in [5, 5.41) is 7.12. The van der Waals surface area contributed by atoms with Gasteiger partial charge in [0.2, 0.25) is 0 Å². The summed E-state index contributed by atoms with van der Waals surface area (Å²) in [4.78, 5) is 29.9. The number of aromatic amines is 2. The highest BCUT2D eigenvalue weighted by Gasteiger charge is 2.31. The SMILES string of the molecule is Cc1cn[nH]c1[C@@H]1CCN(C(=O)c2cc3c([nH]c2=O)CCCC3)C1. The molecule has 0 spiro atoms. The molecule has 2 aliphatic rings. The summed E-state index contributed by atoms with van der Waals surface area (Å²) >= 11 is 0. The minimum Gasteiger partial charge on any atom is -0.338 e. The number of hydrogen-bond donors (Lipinski definition) is 2. The van der Waals surface area contributed by atoms with Gasteiger partial charge in [-0.1, -0.05) is 0 Å². The molecule has 2 aromatic rings. The molecule has 2 N–H and O–H groups in total. The van der Waals surface area contributed by atoms with E-state index in [-0.39, 0.29) is 22.9 Å². The third-order valence-electron chi connectivity index (χ3n) is 5.32. The van der Waals surface area contributed by atoms with E-state index < -0.39 is 0 Å². The third kappa shape index (κ3) is 2.56.